The first kappa shape index (κ1) is 28.2. The van der Waals surface area contributed by atoms with Gasteiger partial charge in [0.25, 0.3) is 0 Å². The number of likely N-dealkylation sites (tertiary alicyclic amines) is 1. The molecule has 228 valence electrons. The fourth-order valence-electron chi connectivity index (χ4n) is 10.3. The molecule has 7 aliphatic rings. The molecule has 42 heavy (non-hydrogen) atoms. The number of methoxy groups -OCH3 is 2. The van der Waals surface area contributed by atoms with E-state index in [9.17, 15) is 14.7 Å². The number of phenolic OH excluding ortho intramolecular Hbond substituents is 1. The number of carbonyl (C=O) groups is 2. The number of likely N-dealkylation sites (N-methyl/N-ethyl adjacent to an activating group) is 1. The van der Waals surface area contributed by atoms with Gasteiger partial charge in [-0.25, -0.2) is 0 Å². The van der Waals surface area contributed by atoms with E-state index < -0.39 is 0 Å². The first-order valence-electron chi connectivity index (χ1n) is 16.3. The molecule has 1 aromatic rings. The molecule has 1 aromatic carbocycles. The number of nitrogens with zero attached hydrogens (tertiary/aromatic N) is 3. The lowest BCUT2D eigenvalue weighted by molar-refractivity contribution is -0.150. The van der Waals surface area contributed by atoms with E-state index in [1.54, 1.807) is 14.2 Å². The zero-order valence-electron chi connectivity index (χ0n) is 25.5. The average Bonchev–Trinajstić information content (AvgIpc) is 3.00. The number of rotatable bonds is 2. The largest absolute Gasteiger partial charge is 0.504 e. The average molecular weight is 578 g/mol. The zero-order chi connectivity index (χ0) is 29.2. The van der Waals surface area contributed by atoms with Crippen LogP contribution < -0.4 is 4.74 Å². The summed E-state index contributed by atoms with van der Waals surface area (Å²) >= 11 is 0. The van der Waals surface area contributed by atoms with Crippen molar-refractivity contribution in [1.29, 1.82) is 0 Å². The predicted molar refractivity (Wildman–Crippen MR) is 159 cm³/mol. The number of ketones is 1. The monoisotopic (exact) mass is 577 g/mol. The van der Waals surface area contributed by atoms with E-state index in [1.807, 2.05) is 18.2 Å². The standard InChI is InChI=1S/C19H23NO4.C15H24N2O/c1-20-7-6-19-10-14(21)16(24-3)9-12(19)13(20)8-11-4-5-15(23-2)18(22)17(11)19;18-14-7-1-6-13-12-5-3-9-16-8-2-4-11(15(12)16)10-17(13)14/h4-5,9,12-13,22H,6-8,10H2,1-3H3;11-13,15H,1-10H2/t12-,13+,19-;11-,12+,13+,15-/m11/s1. The molecule has 5 aliphatic heterocycles. The van der Waals surface area contributed by atoms with Gasteiger partial charge in [-0.1, -0.05) is 6.07 Å². The zero-order valence-corrected chi connectivity index (χ0v) is 25.5. The van der Waals surface area contributed by atoms with E-state index in [0.717, 1.165) is 67.8 Å². The second kappa shape index (κ2) is 10.8. The van der Waals surface area contributed by atoms with Gasteiger partial charge in [-0.15, -0.1) is 0 Å². The number of benzene rings is 1. The number of amides is 1. The number of allylic oxidation sites excluding steroid dienone is 1. The summed E-state index contributed by atoms with van der Waals surface area (Å²) in [6, 6.07) is 5.59. The molecule has 1 N–H and O–H groups in total. The van der Waals surface area contributed by atoms with Gasteiger partial charge in [-0.05, 0) is 108 Å². The maximum atomic E-state index is 12.6. The molecule has 5 heterocycles. The van der Waals surface area contributed by atoms with Crippen LogP contribution in [0.2, 0.25) is 0 Å². The summed E-state index contributed by atoms with van der Waals surface area (Å²) in [5.41, 5.74) is 1.68. The number of hydrogen-bond acceptors (Lipinski definition) is 7. The maximum absolute atomic E-state index is 12.6. The van der Waals surface area contributed by atoms with Gasteiger partial charge < -0.3 is 24.4 Å². The molecule has 0 spiro atoms. The van der Waals surface area contributed by atoms with Gasteiger partial charge in [-0.2, -0.15) is 0 Å². The van der Waals surface area contributed by atoms with Crippen LogP contribution in [0.5, 0.6) is 11.5 Å². The minimum absolute atomic E-state index is 0.0205. The van der Waals surface area contributed by atoms with Crippen LogP contribution in [0, 0.1) is 17.8 Å². The van der Waals surface area contributed by atoms with Gasteiger partial charge >= 0.3 is 0 Å². The maximum Gasteiger partial charge on any atom is 0.222 e. The number of phenols is 1. The lowest BCUT2D eigenvalue weighted by Crippen LogP contribution is -2.66. The molecule has 1 amide bonds. The summed E-state index contributed by atoms with van der Waals surface area (Å²) in [5, 5.41) is 10.9. The number of Topliss-reactive ketones (excluding diaryl/α,β-unsaturated/α-hetero) is 1. The Bertz CT molecular complexity index is 1280. The summed E-state index contributed by atoms with van der Waals surface area (Å²) in [4.78, 5) is 32.2. The van der Waals surface area contributed by atoms with Crippen LogP contribution >= 0.6 is 0 Å². The fraction of sp³-hybridized carbons (Fsp3) is 0.706. The Labute approximate surface area is 250 Å². The molecule has 0 saturated carbocycles. The van der Waals surface area contributed by atoms with Crippen LogP contribution in [0.25, 0.3) is 0 Å². The van der Waals surface area contributed by atoms with Crippen molar-refractivity contribution in [3.8, 4) is 11.5 Å². The third kappa shape index (κ3) is 4.30. The highest BCUT2D eigenvalue weighted by Crippen LogP contribution is 2.57. The van der Waals surface area contributed by atoms with Gasteiger partial charge in [0, 0.05) is 54.4 Å². The number of aromatic hydroxyl groups is 1. The summed E-state index contributed by atoms with van der Waals surface area (Å²) in [7, 11) is 5.25. The molecule has 8 heteroatoms. The van der Waals surface area contributed by atoms with E-state index in [4.69, 9.17) is 9.47 Å². The molecule has 2 bridgehead atoms. The van der Waals surface area contributed by atoms with E-state index in [1.165, 1.54) is 45.2 Å². The van der Waals surface area contributed by atoms with Gasteiger partial charge in [0.05, 0.1) is 14.2 Å². The molecule has 5 saturated heterocycles. The number of fused-ring (bicyclic) bond motifs is 3. The number of carbonyl (C=O) groups excluding carboxylic acids is 2. The lowest BCUT2D eigenvalue weighted by Gasteiger charge is -2.58. The second-order valence-electron chi connectivity index (χ2n) is 13.9. The van der Waals surface area contributed by atoms with Gasteiger partial charge in [0.2, 0.25) is 5.91 Å². The third-order valence-corrected chi connectivity index (χ3v) is 12.1. The van der Waals surface area contributed by atoms with Crippen LogP contribution in [0.1, 0.15) is 68.9 Å². The van der Waals surface area contributed by atoms with Gasteiger partial charge in [-0.3, -0.25) is 14.5 Å². The van der Waals surface area contributed by atoms with E-state index in [2.05, 4.69) is 21.7 Å². The van der Waals surface area contributed by atoms with Crippen molar-refractivity contribution in [3.63, 3.8) is 0 Å². The number of piperidine rings is 5. The molecule has 0 aromatic heterocycles. The lowest BCUT2D eigenvalue weighted by atomic mass is 9.53. The summed E-state index contributed by atoms with van der Waals surface area (Å²) in [6.45, 7) is 4.62. The first-order chi connectivity index (χ1) is 20.4. The Morgan fingerprint density at radius 1 is 0.976 bits per heavy atom. The Balaban J connectivity index is 0.000000142. The summed E-state index contributed by atoms with van der Waals surface area (Å²) in [5.74, 6) is 3.35. The SMILES string of the molecule is COC1=C[C@@H]2[C@@H]3Cc4ccc(OC)c(O)c4[C@]2(CCN3C)CC1=O.O=C1CCC[C@H]2[C@@H]3CCCN4CCC[C@H](CN12)[C@H]34. The fourth-order valence-corrected chi connectivity index (χ4v) is 10.3. The van der Waals surface area contributed by atoms with E-state index >= 15 is 0 Å². The molecule has 8 nitrogen and oxygen atoms in total. The van der Waals surface area contributed by atoms with Crippen molar-refractivity contribution in [3.05, 3.63) is 35.1 Å². The van der Waals surface area contributed by atoms with Crippen molar-refractivity contribution in [1.82, 2.24) is 14.7 Å². The first-order valence-corrected chi connectivity index (χ1v) is 16.3. The van der Waals surface area contributed by atoms with Crippen LogP contribution in [-0.2, 0) is 26.2 Å². The molecular weight excluding hydrogens is 530 g/mol. The van der Waals surface area contributed by atoms with Crippen LogP contribution in [0.4, 0.5) is 0 Å². The molecule has 2 aliphatic carbocycles. The smallest absolute Gasteiger partial charge is 0.222 e. The Morgan fingerprint density at radius 3 is 2.57 bits per heavy atom. The predicted octanol–water partition coefficient (Wildman–Crippen LogP) is 3.89. The van der Waals surface area contributed by atoms with E-state index in [0.29, 0.717) is 35.9 Å². The highest BCUT2D eigenvalue weighted by molar-refractivity contribution is 5.96. The minimum atomic E-state index is -0.359. The Hall–Kier alpha value is -2.58. The molecular formula is C34H47N3O5. The van der Waals surface area contributed by atoms with E-state index in [-0.39, 0.29) is 22.9 Å². The molecule has 0 unspecified atom stereocenters. The summed E-state index contributed by atoms with van der Waals surface area (Å²) in [6.07, 6.45) is 12.7. The molecule has 8 rings (SSSR count). The van der Waals surface area contributed by atoms with Crippen LogP contribution in [-0.4, -0.2) is 97.1 Å². The number of ether oxygens (including phenoxy) is 2. The van der Waals surface area contributed by atoms with Crippen LogP contribution in [0.15, 0.2) is 24.0 Å². The topological polar surface area (TPSA) is 82.5 Å². The normalized spacial score (nSPS) is 37.2. The number of hydrogen-bond donors (Lipinski definition) is 1. The van der Waals surface area contributed by atoms with Crippen molar-refractivity contribution < 1.29 is 24.2 Å². The molecule has 7 atom stereocenters. The van der Waals surface area contributed by atoms with Gasteiger partial charge in [0.15, 0.2) is 23.0 Å². The Kier molecular flexibility index (Phi) is 7.29. The minimum Gasteiger partial charge on any atom is -0.504 e. The van der Waals surface area contributed by atoms with Crippen molar-refractivity contribution in [2.45, 2.75) is 87.7 Å². The third-order valence-electron chi connectivity index (χ3n) is 12.1. The van der Waals surface area contributed by atoms with Crippen molar-refractivity contribution >= 4 is 11.7 Å². The van der Waals surface area contributed by atoms with Crippen molar-refractivity contribution in [2.24, 2.45) is 17.8 Å². The molecule has 0 radical (unpaired) electrons. The highest BCUT2D eigenvalue weighted by atomic mass is 16.5. The summed E-state index contributed by atoms with van der Waals surface area (Å²) < 4.78 is 10.6. The highest BCUT2D eigenvalue weighted by Gasteiger charge is 2.56. The Morgan fingerprint density at radius 2 is 1.79 bits per heavy atom. The van der Waals surface area contributed by atoms with Crippen molar-refractivity contribution in [2.75, 3.05) is 47.4 Å². The molecule has 5 fully saturated rings. The second-order valence-corrected chi connectivity index (χ2v) is 13.9. The van der Waals surface area contributed by atoms with Gasteiger partial charge in [0.1, 0.15) is 0 Å². The quantitative estimate of drug-likeness (QED) is 0.571. The van der Waals surface area contributed by atoms with Crippen LogP contribution in [0.3, 0.4) is 0 Å².